The molecule has 0 aliphatic heterocycles. The van der Waals surface area contributed by atoms with Crippen molar-refractivity contribution in [1.29, 1.82) is 0 Å². The standard InChI is InChI=1S/C16H10N4O5/c21-15(19-18-9-10-2-1-5-17-8-10)13-7-11-6-12(20(23)24)3-4-14(11)25-16(13)22/h1-9H,(H,19,21)/b18-9+. The van der Waals surface area contributed by atoms with Crippen molar-refractivity contribution in [2.75, 3.05) is 0 Å². The number of fused-ring (bicyclic) bond motifs is 1. The molecule has 0 fully saturated rings. The van der Waals surface area contributed by atoms with Crippen molar-refractivity contribution in [3.8, 4) is 0 Å². The fourth-order valence-electron chi connectivity index (χ4n) is 2.06. The summed E-state index contributed by atoms with van der Waals surface area (Å²) in [4.78, 5) is 38.1. The van der Waals surface area contributed by atoms with Crippen LogP contribution in [0, 0.1) is 10.1 Å². The zero-order valence-electron chi connectivity index (χ0n) is 12.6. The highest BCUT2D eigenvalue weighted by Gasteiger charge is 2.15. The van der Waals surface area contributed by atoms with Crippen LogP contribution in [0.2, 0.25) is 0 Å². The Kier molecular flexibility index (Phi) is 4.29. The lowest BCUT2D eigenvalue weighted by Gasteiger charge is -2.01. The molecule has 0 radical (unpaired) electrons. The molecular formula is C16H10N4O5. The molecule has 0 bridgehead atoms. The molecule has 2 aromatic heterocycles. The van der Waals surface area contributed by atoms with Gasteiger partial charge in [-0.1, -0.05) is 6.07 Å². The first-order chi connectivity index (χ1) is 12.0. The Labute approximate surface area is 139 Å². The van der Waals surface area contributed by atoms with Gasteiger partial charge in [0.25, 0.3) is 11.6 Å². The van der Waals surface area contributed by atoms with Crippen molar-refractivity contribution in [3.05, 3.63) is 80.5 Å². The van der Waals surface area contributed by atoms with E-state index in [1.165, 1.54) is 30.5 Å². The molecule has 9 nitrogen and oxygen atoms in total. The van der Waals surface area contributed by atoms with E-state index < -0.39 is 16.5 Å². The second-order valence-electron chi connectivity index (χ2n) is 4.91. The Morgan fingerprint density at radius 1 is 1.32 bits per heavy atom. The predicted octanol–water partition coefficient (Wildman–Crippen LogP) is 1.86. The summed E-state index contributed by atoms with van der Waals surface area (Å²) in [6.07, 6.45) is 4.49. The number of benzene rings is 1. The number of hydrogen-bond donors (Lipinski definition) is 1. The van der Waals surface area contributed by atoms with Crippen LogP contribution in [0.25, 0.3) is 11.0 Å². The van der Waals surface area contributed by atoms with Gasteiger partial charge < -0.3 is 4.42 Å². The second-order valence-corrected chi connectivity index (χ2v) is 4.91. The highest BCUT2D eigenvalue weighted by atomic mass is 16.6. The van der Waals surface area contributed by atoms with Crippen LogP contribution in [0.1, 0.15) is 15.9 Å². The smallest absolute Gasteiger partial charge is 0.349 e. The topological polar surface area (TPSA) is 128 Å². The molecule has 1 aromatic carbocycles. The van der Waals surface area contributed by atoms with Gasteiger partial charge in [0, 0.05) is 35.5 Å². The Morgan fingerprint density at radius 2 is 2.16 bits per heavy atom. The van der Waals surface area contributed by atoms with Gasteiger partial charge in [0.1, 0.15) is 11.1 Å². The Morgan fingerprint density at radius 3 is 2.88 bits per heavy atom. The first kappa shape index (κ1) is 16.0. The number of carbonyl (C=O) groups is 1. The van der Waals surface area contributed by atoms with Crippen LogP contribution < -0.4 is 11.1 Å². The van der Waals surface area contributed by atoms with Crippen LogP contribution >= 0.6 is 0 Å². The number of carbonyl (C=O) groups excluding carboxylic acids is 1. The zero-order valence-corrected chi connectivity index (χ0v) is 12.6. The van der Waals surface area contributed by atoms with Crippen LogP contribution in [-0.2, 0) is 0 Å². The summed E-state index contributed by atoms with van der Waals surface area (Å²) in [6, 6.07) is 8.39. The summed E-state index contributed by atoms with van der Waals surface area (Å²) in [5.41, 5.74) is 1.65. The van der Waals surface area contributed by atoms with E-state index in [0.717, 1.165) is 0 Å². The van der Waals surface area contributed by atoms with Gasteiger partial charge in [0.05, 0.1) is 11.1 Å². The second kappa shape index (κ2) is 6.71. The van der Waals surface area contributed by atoms with Crippen molar-refractivity contribution >= 4 is 28.8 Å². The van der Waals surface area contributed by atoms with E-state index in [2.05, 4.69) is 15.5 Å². The van der Waals surface area contributed by atoms with E-state index in [9.17, 15) is 19.7 Å². The summed E-state index contributed by atoms with van der Waals surface area (Å²) < 4.78 is 5.01. The number of nitro groups is 1. The van der Waals surface area contributed by atoms with Crippen molar-refractivity contribution in [2.24, 2.45) is 5.10 Å². The maximum Gasteiger partial charge on any atom is 0.349 e. The molecule has 0 saturated heterocycles. The molecule has 0 aliphatic rings. The van der Waals surface area contributed by atoms with Gasteiger partial charge >= 0.3 is 5.63 Å². The molecular weight excluding hydrogens is 328 g/mol. The van der Waals surface area contributed by atoms with E-state index in [0.29, 0.717) is 5.56 Å². The van der Waals surface area contributed by atoms with Crippen LogP contribution in [0.3, 0.4) is 0 Å². The number of hydrazone groups is 1. The molecule has 0 saturated carbocycles. The largest absolute Gasteiger partial charge is 0.422 e. The fourth-order valence-corrected chi connectivity index (χ4v) is 2.06. The Hall–Kier alpha value is -3.88. The third-order valence-corrected chi connectivity index (χ3v) is 3.24. The maximum absolute atomic E-state index is 12.1. The molecule has 0 aliphatic carbocycles. The number of nitrogens with one attached hydrogen (secondary N) is 1. The fraction of sp³-hybridized carbons (Fsp3) is 0. The normalized spacial score (nSPS) is 10.9. The zero-order chi connectivity index (χ0) is 17.8. The lowest BCUT2D eigenvalue weighted by molar-refractivity contribution is -0.384. The maximum atomic E-state index is 12.1. The lowest BCUT2D eigenvalue weighted by atomic mass is 10.1. The van der Waals surface area contributed by atoms with Crippen molar-refractivity contribution in [1.82, 2.24) is 10.4 Å². The van der Waals surface area contributed by atoms with Crippen molar-refractivity contribution in [3.63, 3.8) is 0 Å². The van der Waals surface area contributed by atoms with Crippen LogP contribution in [-0.4, -0.2) is 22.0 Å². The number of nitrogens with zero attached hydrogens (tertiary/aromatic N) is 3. The molecule has 2 heterocycles. The minimum Gasteiger partial charge on any atom is -0.422 e. The number of hydrogen-bond acceptors (Lipinski definition) is 7. The van der Waals surface area contributed by atoms with Crippen LogP contribution in [0.4, 0.5) is 5.69 Å². The van der Waals surface area contributed by atoms with E-state index in [1.54, 1.807) is 24.5 Å². The number of rotatable bonds is 4. The summed E-state index contributed by atoms with van der Waals surface area (Å²) in [5, 5.41) is 14.8. The molecule has 0 unspecified atom stereocenters. The summed E-state index contributed by atoms with van der Waals surface area (Å²) >= 11 is 0. The average molecular weight is 338 g/mol. The highest BCUT2D eigenvalue weighted by molar-refractivity contribution is 5.97. The highest BCUT2D eigenvalue weighted by Crippen LogP contribution is 2.20. The Bertz CT molecular complexity index is 1040. The van der Waals surface area contributed by atoms with Gasteiger partial charge in [0.2, 0.25) is 0 Å². The number of amides is 1. The molecule has 1 amide bonds. The molecule has 3 rings (SSSR count). The SMILES string of the molecule is O=C(N/N=C/c1cccnc1)c1cc2cc([N+](=O)[O-])ccc2oc1=O. The van der Waals surface area contributed by atoms with Gasteiger partial charge in [-0.25, -0.2) is 10.2 Å². The van der Waals surface area contributed by atoms with E-state index in [4.69, 9.17) is 4.42 Å². The minimum atomic E-state index is -0.865. The summed E-state index contributed by atoms with van der Waals surface area (Å²) in [6.45, 7) is 0. The molecule has 0 spiro atoms. The molecule has 1 N–H and O–H groups in total. The van der Waals surface area contributed by atoms with Crippen molar-refractivity contribution < 1.29 is 14.1 Å². The number of aromatic nitrogens is 1. The predicted molar refractivity (Wildman–Crippen MR) is 88.4 cm³/mol. The first-order valence-electron chi connectivity index (χ1n) is 7.00. The van der Waals surface area contributed by atoms with Gasteiger partial charge in [-0.2, -0.15) is 5.10 Å². The number of non-ortho nitro benzene ring substituents is 1. The third-order valence-electron chi connectivity index (χ3n) is 3.24. The third kappa shape index (κ3) is 3.55. The Balaban J connectivity index is 1.87. The van der Waals surface area contributed by atoms with E-state index in [-0.39, 0.29) is 22.2 Å². The van der Waals surface area contributed by atoms with E-state index in [1.807, 2.05) is 0 Å². The van der Waals surface area contributed by atoms with Gasteiger partial charge in [-0.15, -0.1) is 0 Å². The molecule has 25 heavy (non-hydrogen) atoms. The molecule has 3 aromatic rings. The summed E-state index contributed by atoms with van der Waals surface area (Å²) in [5.74, 6) is -0.790. The van der Waals surface area contributed by atoms with Gasteiger partial charge in [-0.05, 0) is 18.2 Å². The van der Waals surface area contributed by atoms with Crippen LogP contribution in [0.15, 0.2) is 63.1 Å². The number of nitro benzene ring substituents is 1. The molecule has 0 atom stereocenters. The van der Waals surface area contributed by atoms with Crippen molar-refractivity contribution in [2.45, 2.75) is 0 Å². The summed E-state index contributed by atoms with van der Waals surface area (Å²) in [7, 11) is 0. The van der Waals surface area contributed by atoms with Crippen LogP contribution in [0.5, 0.6) is 0 Å². The molecule has 124 valence electrons. The minimum absolute atomic E-state index is 0.144. The van der Waals surface area contributed by atoms with Gasteiger partial charge in [-0.3, -0.25) is 19.9 Å². The average Bonchev–Trinajstić information content (AvgIpc) is 2.61. The lowest BCUT2D eigenvalue weighted by Crippen LogP contribution is -2.24. The van der Waals surface area contributed by atoms with Gasteiger partial charge in [0.15, 0.2) is 0 Å². The number of pyridine rings is 1. The quantitative estimate of drug-likeness (QED) is 0.335. The first-order valence-corrected chi connectivity index (χ1v) is 7.00. The molecule has 9 heteroatoms. The van der Waals surface area contributed by atoms with E-state index >= 15 is 0 Å². The monoisotopic (exact) mass is 338 g/mol.